The van der Waals surface area contributed by atoms with E-state index in [4.69, 9.17) is 9.15 Å². The van der Waals surface area contributed by atoms with Gasteiger partial charge in [0.05, 0.1) is 6.54 Å². The third kappa shape index (κ3) is 4.76. The molecule has 2 heterocycles. The summed E-state index contributed by atoms with van der Waals surface area (Å²) in [5, 5.41) is 13.7. The Balaban J connectivity index is 1.66. The van der Waals surface area contributed by atoms with E-state index in [0.29, 0.717) is 21.5 Å². The van der Waals surface area contributed by atoms with Crippen LogP contribution in [-0.2, 0) is 4.74 Å². The highest BCUT2D eigenvalue weighted by atomic mass is 16.6. The van der Waals surface area contributed by atoms with Gasteiger partial charge in [-0.05, 0) is 45.0 Å². The SMILES string of the molecule is Cc1c(C(=O)N(CC=Cc2cc3ccccc3o2)C(=O)OC(C)(C)C)nc2ccccc2[n+]1[O-]. The molecule has 0 fully saturated rings. The molecule has 0 spiro atoms. The summed E-state index contributed by atoms with van der Waals surface area (Å²) >= 11 is 0. The van der Waals surface area contributed by atoms with Crippen LogP contribution in [0.25, 0.3) is 28.1 Å². The maximum absolute atomic E-state index is 13.4. The molecule has 0 saturated heterocycles. The molecule has 0 aliphatic carbocycles. The number of aromatic nitrogens is 2. The van der Waals surface area contributed by atoms with Crippen molar-refractivity contribution < 1.29 is 23.5 Å². The molecule has 174 valence electrons. The van der Waals surface area contributed by atoms with Gasteiger partial charge < -0.3 is 14.4 Å². The second-order valence-electron chi connectivity index (χ2n) is 8.81. The molecule has 4 rings (SSSR count). The Hall–Kier alpha value is -4.20. The number of nitrogens with zero attached hydrogens (tertiary/aromatic N) is 3. The zero-order chi connectivity index (χ0) is 24.5. The lowest BCUT2D eigenvalue weighted by Gasteiger charge is -2.25. The van der Waals surface area contributed by atoms with Crippen molar-refractivity contribution in [1.82, 2.24) is 9.88 Å². The van der Waals surface area contributed by atoms with E-state index in [1.54, 1.807) is 57.2 Å². The lowest BCUT2D eigenvalue weighted by Crippen LogP contribution is -2.43. The number of carbonyl (C=O) groups excluding carboxylic acids is 2. The Bertz CT molecular complexity index is 1380. The Labute approximate surface area is 196 Å². The van der Waals surface area contributed by atoms with Gasteiger partial charge in [-0.2, -0.15) is 4.73 Å². The average Bonchev–Trinajstić information content (AvgIpc) is 3.20. The Kier molecular flexibility index (Phi) is 6.06. The second kappa shape index (κ2) is 8.97. The summed E-state index contributed by atoms with van der Waals surface area (Å²) in [5.41, 5.74) is 0.592. The van der Waals surface area contributed by atoms with Crippen molar-refractivity contribution >= 4 is 40.1 Å². The van der Waals surface area contributed by atoms with E-state index in [-0.39, 0.29) is 17.9 Å². The topological polar surface area (TPSA) is 99.6 Å². The summed E-state index contributed by atoms with van der Waals surface area (Å²) in [4.78, 5) is 31.6. The van der Waals surface area contributed by atoms with Crippen molar-refractivity contribution in [2.45, 2.75) is 33.3 Å². The number of hydrogen-bond acceptors (Lipinski definition) is 6. The summed E-state index contributed by atoms with van der Waals surface area (Å²) in [6.45, 7) is 6.53. The number of rotatable bonds is 4. The molecule has 0 aliphatic rings. The fraction of sp³-hybridized carbons (Fsp3) is 0.231. The number of imide groups is 1. The first-order chi connectivity index (χ1) is 16.1. The fourth-order valence-corrected chi connectivity index (χ4v) is 3.46. The number of amides is 2. The van der Waals surface area contributed by atoms with Crippen LogP contribution in [-0.4, -0.2) is 34.0 Å². The first-order valence-corrected chi connectivity index (χ1v) is 10.8. The van der Waals surface area contributed by atoms with E-state index in [9.17, 15) is 14.8 Å². The quantitative estimate of drug-likeness (QED) is 0.314. The zero-order valence-electron chi connectivity index (χ0n) is 19.4. The molecule has 0 saturated carbocycles. The molecule has 2 aromatic heterocycles. The molecule has 0 N–H and O–H groups in total. The maximum atomic E-state index is 13.4. The summed E-state index contributed by atoms with van der Waals surface area (Å²) in [5.74, 6) is -0.147. The third-order valence-electron chi connectivity index (χ3n) is 5.06. The number of para-hydroxylation sites is 3. The van der Waals surface area contributed by atoms with Crippen LogP contribution in [0.1, 0.15) is 42.7 Å². The second-order valence-corrected chi connectivity index (χ2v) is 8.81. The first kappa shape index (κ1) is 23.0. The molecule has 0 aliphatic heterocycles. The van der Waals surface area contributed by atoms with Crippen molar-refractivity contribution in [2.75, 3.05) is 6.54 Å². The lowest BCUT2D eigenvalue weighted by atomic mass is 10.2. The van der Waals surface area contributed by atoms with Crippen molar-refractivity contribution in [1.29, 1.82) is 0 Å². The molecule has 0 atom stereocenters. The van der Waals surface area contributed by atoms with Crippen LogP contribution in [0, 0.1) is 12.1 Å². The minimum absolute atomic E-state index is 0.0959. The van der Waals surface area contributed by atoms with Gasteiger partial charge in [0.25, 0.3) is 5.91 Å². The van der Waals surface area contributed by atoms with Crippen LogP contribution in [0.2, 0.25) is 0 Å². The van der Waals surface area contributed by atoms with E-state index in [0.717, 1.165) is 15.9 Å². The molecule has 2 aromatic carbocycles. The molecule has 0 unspecified atom stereocenters. The molecule has 8 heteroatoms. The van der Waals surface area contributed by atoms with Crippen molar-refractivity contribution in [2.24, 2.45) is 0 Å². The van der Waals surface area contributed by atoms with E-state index >= 15 is 0 Å². The molecule has 2 amide bonds. The van der Waals surface area contributed by atoms with Gasteiger partial charge in [0.1, 0.15) is 22.5 Å². The van der Waals surface area contributed by atoms with Gasteiger partial charge in [0.15, 0.2) is 5.69 Å². The lowest BCUT2D eigenvalue weighted by molar-refractivity contribution is -0.584. The predicted molar refractivity (Wildman–Crippen MR) is 128 cm³/mol. The smallest absolute Gasteiger partial charge is 0.417 e. The molecule has 0 radical (unpaired) electrons. The number of furan rings is 1. The summed E-state index contributed by atoms with van der Waals surface area (Å²) < 4.78 is 11.8. The maximum Gasteiger partial charge on any atom is 0.417 e. The Morgan fingerprint density at radius 2 is 1.85 bits per heavy atom. The molecular formula is C26H25N3O5. The molecule has 0 bridgehead atoms. The van der Waals surface area contributed by atoms with E-state index in [1.165, 1.54) is 6.92 Å². The number of hydrogen-bond donors (Lipinski definition) is 0. The molecular weight excluding hydrogens is 434 g/mol. The highest BCUT2D eigenvalue weighted by molar-refractivity contribution is 6.03. The van der Waals surface area contributed by atoms with Gasteiger partial charge in [-0.25, -0.2) is 14.7 Å². The standard InChI is InChI=1S/C26H25N3O5/c1-17-23(27-20-12-6-7-13-21(20)29(17)32)24(30)28(25(31)34-26(2,3)4)15-9-11-19-16-18-10-5-8-14-22(18)33-19/h5-14,16H,15H2,1-4H3. The molecule has 4 aromatic rings. The van der Waals surface area contributed by atoms with Crippen molar-refractivity contribution in [3.63, 3.8) is 0 Å². The summed E-state index contributed by atoms with van der Waals surface area (Å²) in [6.07, 6.45) is 2.47. The van der Waals surface area contributed by atoms with E-state index < -0.39 is 17.6 Å². The van der Waals surface area contributed by atoms with Gasteiger partial charge in [0.2, 0.25) is 11.2 Å². The molecule has 34 heavy (non-hydrogen) atoms. The number of ether oxygens (including phenoxy) is 1. The zero-order valence-corrected chi connectivity index (χ0v) is 19.4. The van der Waals surface area contributed by atoms with Crippen molar-refractivity contribution in [3.05, 3.63) is 83.0 Å². The summed E-state index contributed by atoms with van der Waals surface area (Å²) in [7, 11) is 0. The predicted octanol–water partition coefficient (Wildman–Crippen LogP) is 5.01. The van der Waals surface area contributed by atoms with Gasteiger partial charge in [-0.15, -0.1) is 0 Å². The normalized spacial score (nSPS) is 11.9. The first-order valence-electron chi connectivity index (χ1n) is 10.8. The van der Waals surface area contributed by atoms with Crippen molar-refractivity contribution in [3.8, 4) is 0 Å². The Morgan fingerprint density at radius 3 is 2.59 bits per heavy atom. The van der Waals surface area contributed by atoms with Crippen LogP contribution in [0.3, 0.4) is 0 Å². The van der Waals surface area contributed by atoms with E-state index in [2.05, 4.69) is 4.98 Å². The van der Waals surface area contributed by atoms with Gasteiger partial charge in [-0.1, -0.05) is 36.4 Å². The van der Waals surface area contributed by atoms with Gasteiger partial charge in [0, 0.05) is 18.4 Å². The average molecular weight is 460 g/mol. The van der Waals surface area contributed by atoms with Crippen LogP contribution in [0.5, 0.6) is 0 Å². The highest BCUT2D eigenvalue weighted by Gasteiger charge is 2.32. The van der Waals surface area contributed by atoms with E-state index in [1.807, 2.05) is 30.3 Å². The number of fused-ring (bicyclic) bond motifs is 2. The van der Waals surface area contributed by atoms with Crippen LogP contribution < -0.4 is 4.73 Å². The third-order valence-corrected chi connectivity index (χ3v) is 5.06. The minimum atomic E-state index is -0.835. The minimum Gasteiger partial charge on any atom is -0.618 e. The molecule has 8 nitrogen and oxygen atoms in total. The van der Waals surface area contributed by atoms with Crippen LogP contribution in [0.15, 0.2) is 65.1 Å². The number of carbonyl (C=O) groups is 2. The fourth-order valence-electron chi connectivity index (χ4n) is 3.46. The van der Waals surface area contributed by atoms with Gasteiger partial charge >= 0.3 is 6.09 Å². The monoisotopic (exact) mass is 459 g/mol. The van der Waals surface area contributed by atoms with Crippen LogP contribution in [0.4, 0.5) is 4.79 Å². The van der Waals surface area contributed by atoms with Crippen LogP contribution >= 0.6 is 0 Å². The van der Waals surface area contributed by atoms with Gasteiger partial charge in [-0.3, -0.25) is 4.79 Å². The largest absolute Gasteiger partial charge is 0.618 e. The highest BCUT2D eigenvalue weighted by Crippen LogP contribution is 2.20. The number of benzene rings is 2. The summed E-state index contributed by atoms with van der Waals surface area (Å²) in [6, 6.07) is 16.1. The Morgan fingerprint density at radius 1 is 1.15 bits per heavy atom.